The van der Waals surface area contributed by atoms with Gasteiger partial charge in [-0.15, -0.1) is 10.2 Å². The molecule has 0 radical (unpaired) electrons. The molecule has 0 bridgehead atoms. The van der Waals surface area contributed by atoms with Gasteiger partial charge in [0.15, 0.2) is 5.16 Å². The van der Waals surface area contributed by atoms with Crippen LogP contribution in [0.2, 0.25) is 0 Å². The molecule has 1 atom stereocenters. The van der Waals surface area contributed by atoms with E-state index in [1.165, 1.54) is 29.2 Å². The Hall–Kier alpha value is -2.52. The van der Waals surface area contributed by atoms with Crippen LogP contribution in [0.5, 0.6) is 0 Å². The van der Waals surface area contributed by atoms with Crippen molar-refractivity contribution in [1.82, 2.24) is 20.2 Å². The van der Waals surface area contributed by atoms with Gasteiger partial charge in [-0.2, -0.15) is 0 Å². The zero-order chi connectivity index (χ0) is 17.8. The number of nitrogens with zero attached hydrogens (tertiary/aromatic N) is 3. The molecule has 25 heavy (non-hydrogen) atoms. The number of anilines is 1. The number of hydrogen-bond donors (Lipinski definition) is 2. The molecule has 1 amide bonds. The number of aryl methyl sites for hydroxylation is 1. The molecule has 2 aromatic heterocycles. The van der Waals surface area contributed by atoms with Crippen molar-refractivity contribution < 1.29 is 4.79 Å². The van der Waals surface area contributed by atoms with Gasteiger partial charge < -0.3 is 4.98 Å². The summed E-state index contributed by atoms with van der Waals surface area (Å²) in [7, 11) is 0. The minimum Gasteiger partial charge on any atom is -0.301 e. The molecule has 3 aromatic rings. The topological polar surface area (TPSA) is 101 Å². The molecule has 1 unspecified atom stereocenters. The Morgan fingerprint density at radius 1 is 1.28 bits per heavy atom. The van der Waals surface area contributed by atoms with E-state index in [9.17, 15) is 9.59 Å². The average molecular weight is 373 g/mol. The lowest BCUT2D eigenvalue weighted by Crippen LogP contribution is -2.23. The summed E-state index contributed by atoms with van der Waals surface area (Å²) in [5.74, 6) is -0.228. The summed E-state index contributed by atoms with van der Waals surface area (Å²) in [5, 5.41) is 11.6. The van der Waals surface area contributed by atoms with Crippen LogP contribution in [0.1, 0.15) is 11.9 Å². The highest BCUT2D eigenvalue weighted by Crippen LogP contribution is 2.23. The maximum Gasteiger partial charge on any atom is 0.252 e. The van der Waals surface area contributed by atoms with Crippen molar-refractivity contribution in [2.45, 2.75) is 24.3 Å². The Balaban J connectivity index is 1.74. The number of carbonyl (C=O) groups is 1. The van der Waals surface area contributed by atoms with Crippen LogP contribution in [0.25, 0.3) is 11.3 Å². The Labute approximate surface area is 151 Å². The van der Waals surface area contributed by atoms with Crippen molar-refractivity contribution in [3.05, 3.63) is 51.8 Å². The summed E-state index contributed by atoms with van der Waals surface area (Å²) in [4.78, 5) is 31.3. The highest BCUT2D eigenvalue weighted by molar-refractivity contribution is 8.00. The first-order valence-electron chi connectivity index (χ1n) is 7.45. The van der Waals surface area contributed by atoms with Crippen LogP contribution in [-0.2, 0) is 4.79 Å². The summed E-state index contributed by atoms with van der Waals surface area (Å²) >= 11 is 2.48. The normalized spacial score (nSPS) is 11.9. The molecule has 0 fully saturated rings. The quantitative estimate of drug-likeness (QED) is 0.527. The van der Waals surface area contributed by atoms with Gasteiger partial charge in [0.05, 0.1) is 10.9 Å². The standard InChI is InChI=1S/C16H15N5O2S2/c1-9(14(23)19-16-21-20-10(2)25-16)24-15-17-12(8-13(22)18-15)11-6-4-3-5-7-11/h3-9H,1-2H3,(H,17,18,22)(H,19,21,23). The van der Waals surface area contributed by atoms with Crippen LogP contribution in [0.3, 0.4) is 0 Å². The van der Waals surface area contributed by atoms with Crippen LogP contribution in [0.15, 0.2) is 46.3 Å². The number of aromatic nitrogens is 4. The molecule has 0 saturated heterocycles. The minimum absolute atomic E-state index is 0.228. The van der Waals surface area contributed by atoms with Crippen molar-refractivity contribution in [2.24, 2.45) is 0 Å². The summed E-state index contributed by atoms with van der Waals surface area (Å²) in [6, 6.07) is 10.9. The van der Waals surface area contributed by atoms with E-state index in [1.54, 1.807) is 6.92 Å². The Morgan fingerprint density at radius 2 is 2.04 bits per heavy atom. The molecule has 9 heteroatoms. The van der Waals surface area contributed by atoms with Gasteiger partial charge >= 0.3 is 0 Å². The predicted molar refractivity (Wildman–Crippen MR) is 98.9 cm³/mol. The highest BCUT2D eigenvalue weighted by Gasteiger charge is 2.18. The molecular weight excluding hydrogens is 358 g/mol. The van der Waals surface area contributed by atoms with E-state index in [0.717, 1.165) is 10.6 Å². The largest absolute Gasteiger partial charge is 0.301 e. The Morgan fingerprint density at radius 3 is 2.72 bits per heavy atom. The summed E-state index contributed by atoms with van der Waals surface area (Å²) < 4.78 is 0. The molecule has 0 saturated carbocycles. The lowest BCUT2D eigenvalue weighted by atomic mass is 10.1. The maximum absolute atomic E-state index is 12.3. The van der Waals surface area contributed by atoms with E-state index in [-0.39, 0.29) is 11.5 Å². The number of thioether (sulfide) groups is 1. The van der Waals surface area contributed by atoms with E-state index in [0.29, 0.717) is 16.0 Å². The molecule has 3 rings (SSSR count). The van der Waals surface area contributed by atoms with Crippen molar-refractivity contribution in [2.75, 3.05) is 5.32 Å². The fourth-order valence-corrected chi connectivity index (χ4v) is 3.43. The third-order valence-corrected chi connectivity index (χ3v) is 4.94. The average Bonchev–Trinajstić information content (AvgIpc) is 3.00. The van der Waals surface area contributed by atoms with E-state index in [1.807, 2.05) is 37.3 Å². The molecule has 0 aliphatic rings. The second kappa shape index (κ2) is 7.58. The monoisotopic (exact) mass is 373 g/mol. The van der Waals surface area contributed by atoms with Crippen molar-refractivity contribution >= 4 is 34.1 Å². The molecule has 128 valence electrons. The molecular formula is C16H15N5O2S2. The van der Waals surface area contributed by atoms with Gasteiger partial charge in [0.2, 0.25) is 11.0 Å². The van der Waals surface area contributed by atoms with Gasteiger partial charge in [0, 0.05) is 11.6 Å². The first-order chi connectivity index (χ1) is 12.0. The SMILES string of the molecule is Cc1nnc(NC(=O)C(C)Sc2nc(-c3ccccc3)cc(=O)[nH]2)s1. The van der Waals surface area contributed by atoms with Gasteiger partial charge in [-0.1, -0.05) is 53.4 Å². The number of carbonyl (C=O) groups excluding carboxylic acids is 1. The summed E-state index contributed by atoms with van der Waals surface area (Å²) in [5.41, 5.74) is 1.15. The zero-order valence-corrected chi connectivity index (χ0v) is 15.1. The van der Waals surface area contributed by atoms with Crippen LogP contribution in [0.4, 0.5) is 5.13 Å². The van der Waals surface area contributed by atoms with Gasteiger partial charge in [-0.25, -0.2) is 4.98 Å². The first-order valence-corrected chi connectivity index (χ1v) is 9.15. The summed E-state index contributed by atoms with van der Waals surface area (Å²) in [6.45, 7) is 3.55. The van der Waals surface area contributed by atoms with E-state index in [2.05, 4.69) is 25.5 Å². The molecule has 2 N–H and O–H groups in total. The van der Waals surface area contributed by atoms with Crippen molar-refractivity contribution in [3.63, 3.8) is 0 Å². The van der Waals surface area contributed by atoms with Crippen molar-refractivity contribution in [1.29, 1.82) is 0 Å². The lowest BCUT2D eigenvalue weighted by molar-refractivity contribution is -0.115. The molecule has 0 aliphatic carbocycles. The third-order valence-electron chi connectivity index (χ3n) is 3.20. The zero-order valence-electron chi connectivity index (χ0n) is 13.5. The molecule has 0 aliphatic heterocycles. The van der Waals surface area contributed by atoms with Crippen LogP contribution >= 0.6 is 23.1 Å². The maximum atomic E-state index is 12.3. The number of hydrogen-bond acceptors (Lipinski definition) is 7. The Bertz CT molecular complexity index is 939. The predicted octanol–water partition coefficient (Wildman–Crippen LogP) is 2.72. The van der Waals surface area contributed by atoms with E-state index < -0.39 is 5.25 Å². The second-order valence-corrected chi connectivity index (χ2v) is 7.69. The highest BCUT2D eigenvalue weighted by atomic mass is 32.2. The number of amides is 1. The van der Waals surface area contributed by atoms with Gasteiger partial charge in [-0.05, 0) is 13.8 Å². The number of nitrogens with one attached hydrogen (secondary N) is 2. The van der Waals surface area contributed by atoms with Gasteiger partial charge in [-0.3, -0.25) is 14.9 Å². The van der Waals surface area contributed by atoms with E-state index >= 15 is 0 Å². The van der Waals surface area contributed by atoms with Crippen LogP contribution in [-0.4, -0.2) is 31.3 Å². The fraction of sp³-hybridized carbons (Fsp3) is 0.188. The smallest absolute Gasteiger partial charge is 0.252 e. The fourth-order valence-electron chi connectivity index (χ4n) is 2.02. The first kappa shape index (κ1) is 17.3. The Kier molecular flexibility index (Phi) is 5.25. The van der Waals surface area contributed by atoms with Gasteiger partial charge in [0.25, 0.3) is 5.56 Å². The molecule has 7 nitrogen and oxygen atoms in total. The number of rotatable bonds is 5. The van der Waals surface area contributed by atoms with Crippen LogP contribution < -0.4 is 10.9 Å². The number of H-pyrrole nitrogens is 1. The molecule has 2 heterocycles. The molecule has 0 spiro atoms. The van der Waals surface area contributed by atoms with E-state index in [4.69, 9.17) is 0 Å². The molecule has 1 aromatic carbocycles. The van der Waals surface area contributed by atoms with Gasteiger partial charge in [0.1, 0.15) is 5.01 Å². The van der Waals surface area contributed by atoms with Crippen LogP contribution in [0, 0.1) is 6.92 Å². The second-order valence-electron chi connectivity index (χ2n) is 5.18. The summed E-state index contributed by atoms with van der Waals surface area (Å²) in [6.07, 6.45) is 0. The number of aromatic amines is 1. The number of benzene rings is 1. The third kappa shape index (κ3) is 4.52. The lowest BCUT2D eigenvalue weighted by Gasteiger charge is -2.10. The minimum atomic E-state index is -0.460. The van der Waals surface area contributed by atoms with Crippen molar-refractivity contribution in [3.8, 4) is 11.3 Å².